The van der Waals surface area contributed by atoms with Gasteiger partial charge in [0.1, 0.15) is 0 Å². The summed E-state index contributed by atoms with van der Waals surface area (Å²) in [5.74, 6) is 0.371. The van der Waals surface area contributed by atoms with Crippen LogP contribution in [-0.2, 0) is 18.9 Å². The predicted molar refractivity (Wildman–Crippen MR) is 155 cm³/mol. The number of halogens is 6. The van der Waals surface area contributed by atoms with Crippen molar-refractivity contribution in [3.63, 3.8) is 0 Å². The van der Waals surface area contributed by atoms with E-state index in [9.17, 15) is 26.3 Å². The van der Waals surface area contributed by atoms with Crippen LogP contribution in [0.3, 0.4) is 0 Å². The Hall–Kier alpha value is -3.35. The van der Waals surface area contributed by atoms with Crippen molar-refractivity contribution >= 4 is 11.6 Å². The van der Waals surface area contributed by atoms with E-state index >= 15 is 0 Å². The summed E-state index contributed by atoms with van der Waals surface area (Å²) in [5.41, 5.74) is 7.42. The standard InChI is InChI=1S/C30H39F6N7/c1-19-12-20(2)27-25(13-19)26(6-5-9-42(27)17-21-7-10-41(4)11-8-21)43(28(37)39-40-38-3)18-22-14-23(29(31,32)33)16-24(15-22)30(34,35)36/h12-16,21,26H,5-11,17-18H2,1-4H3,(H2,37,38,39). The van der Waals surface area contributed by atoms with Crippen LogP contribution in [0.2, 0.25) is 0 Å². The lowest BCUT2D eigenvalue weighted by molar-refractivity contribution is -0.143. The molecule has 2 aliphatic heterocycles. The molecule has 0 aliphatic carbocycles. The molecule has 43 heavy (non-hydrogen) atoms. The zero-order chi connectivity index (χ0) is 31.5. The van der Waals surface area contributed by atoms with E-state index in [1.807, 2.05) is 19.9 Å². The minimum atomic E-state index is -4.96. The fraction of sp³-hybridized carbons (Fsp3) is 0.567. The van der Waals surface area contributed by atoms with E-state index in [0.29, 0.717) is 12.3 Å². The second kappa shape index (κ2) is 13.1. The molecule has 0 bridgehead atoms. The van der Waals surface area contributed by atoms with Gasteiger partial charge in [0.05, 0.1) is 24.2 Å². The van der Waals surface area contributed by atoms with E-state index in [1.165, 1.54) is 7.05 Å². The van der Waals surface area contributed by atoms with Crippen LogP contribution in [0.5, 0.6) is 0 Å². The first-order chi connectivity index (χ1) is 20.2. The van der Waals surface area contributed by atoms with Crippen molar-refractivity contribution in [2.75, 3.05) is 45.2 Å². The molecule has 1 atom stereocenters. The molecule has 0 saturated carbocycles. The van der Waals surface area contributed by atoms with Crippen LogP contribution in [0.15, 0.2) is 45.8 Å². The average Bonchev–Trinajstić information content (AvgIpc) is 3.09. The van der Waals surface area contributed by atoms with Crippen molar-refractivity contribution < 1.29 is 26.3 Å². The van der Waals surface area contributed by atoms with Crippen LogP contribution in [0.1, 0.15) is 65.1 Å². The fourth-order valence-electron chi connectivity index (χ4n) is 6.29. The summed E-state index contributed by atoms with van der Waals surface area (Å²) in [5, 5.41) is 11.2. The Labute approximate surface area is 248 Å². The number of guanidine groups is 1. The summed E-state index contributed by atoms with van der Waals surface area (Å²) >= 11 is 0. The first-order valence-corrected chi connectivity index (χ1v) is 14.4. The largest absolute Gasteiger partial charge is 0.416 e. The zero-order valence-corrected chi connectivity index (χ0v) is 24.9. The molecule has 0 amide bonds. The van der Waals surface area contributed by atoms with E-state index < -0.39 is 29.5 Å². The van der Waals surface area contributed by atoms with Crippen LogP contribution in [-0.4, -0.2) is 56.0 Å². The number of aryl methyl sites for hydroxylation is 2. The number of nitrogens with two attached hydrogens (primary N) is 1. The molecule has 2 N–H and O–H groups in total. The minimum Gasteiger partial charge on any atom is -0.371 e. The van der Waals surface area contributed by atoms with Crippen LogP contribution >= 0.6 is 0 Å². The van der Waals surface area contributed by atoms with Gasteiger partial charge in [-0.1, -0.05) is 22.8 Å². The number of rotatable bonds is 6. The maximum absolute atomic E-state index is 13.7. The summed E-state index contributed by atoms with van der Waals surface area (Å²) < 4.78 is 82.1. The first kappa shape index (κ1) is 32.6. The summed E-state index contributed by atoms with van der Waals surface area (Å²) in [6, 6.07) is 5.26. The van der Waals surface area contributed by atoms with Crippen LogP contribution < -0.4 is 10.6 Å². The smallest absolute Gasteiger partial charge is 0.371 e. The van der Waals surface area contributed by atoms with Gasteiger partial charge in [0, 0.05) is 25.3 Å². The number of piperidine rings is 1. The highest BCUT2D eigenvalue weighted by Gasteiger charge is 2.38. The van der Waals surface area contributed by atoms with Gasteiger partial charge in [-0.05, 0) is 106 Å². The van der Waals surface area contributed by atoms with Gasteiger partial charge >= 0.3 is 12.4 Å². The summed E-state index contributed by atoms with van der Waals surface area (Å²) in [6.45, 7) is 7.36. The third-order valence-corrected chi connectivity index (χ3v) is 8.28. The Bertz CT molecular complexity index is 1300. The Morgan fingerprint density at radius 2 is 1.56 bits per heavy atom. The molecule has 2 aliphatic rings. The molecule has 13 heteroatoms. The molecule has 2 aromatic rings. The summed E-state index contributed by atoms with van der Waals surface area (Å²) in [4.78, 5) is 6.27. The van der Waals surface area contributed by atoms with E-state index in [4.69, 9.17) is 5.73 Å². The lowest BCUT2D eigenvalue weighted by Crippen LogP contribution is -2.40. The van der Waals surface area contributed by atoms with Crippen molar-refractivity contribution in [2.24, 2.45) is 27.1 Å². The molecule has 7 nitrogen and oxygen atoms in total. The second-order valence-corrected chi connectivity index (χ2v) is 11.7. The number of likely N-dealkylation sites (tertiary alicyclic amines) is 1. The quantitative estimate of drug-likeness (QED) is 0.124. The number of hydrogen-bond acceptors (Lipinski definition) is 4. The van der Waals surface area contributed by atoms with Crippen molar-refractivity contribution in [3.8, 4) is 0 Å². The lowest BCUT2D eigenvalue weighted by Gasteiger charge is -2.37. The monoisotopic (exact) mass is 611 g/mol. The highest BCUT2D eigenvalue weighted by Crippen LogP contribution is 2.42. The molecule has 0 radical (unpaired) electrons. The third kappa shape index (κ3) is 7.98. The number of anilines is 1. The minimum absolute atomic E-state index is 0.130. The number of benzene rings is 2. The number of nitrogens with zero attached hydrogens (tertiary/aromatic N) is 6. The molecule has 236 valence electrons. The van der Waals surface area contributed by atoms with Gasteiger partial charge in [-0.2, -0.15) is 31.5 Å². The second-order valence-electron chi connectivity index (χ2n) is 11.7. The van der Waals surface area contributed by atoms with E-state index in [1.54, 1.807) is 4.90 Å². The van der Waals surface area contributed by atoms with Gasteiger partial charge in [-0.25, -0.2) is 0 Å². The topological polar surface area (TPSA) is 72.8 Å². The average molecular weight is 612 g/mol. The predicted octanol–water partition coefficient (Wildman–Crippen LogP) is 7.14. The molecular weight excluding hydrogens is 572 g/mol. The lowest BCUT2D eigenvalue weighted by atomic mass is 9.93. The van der Waals surface area contributed by atoms with Gasteiger partial charge < -0.3 is 20.4 Å². The molecule has 1 unspecified atom stereocenters. The third-order valence-electron chi connectivity index (χ3n) is 8.28. The Kier molecular flexibility index (Phi) is 9.93. The molecule has 1 fully saturated rings. The number of hydrogen-bond donors (Lipinski definition) is 1. The maximum atomic E-state index is 13.7. The molecule has 4 rings (SSSR count). The highest BCUT2D eigenvalue weighted by atomic mass is 19.4. The van der Waals surface area contributed by atoms with Gasteiger partial charge in [-0.15, -0.1) is 0 Å². The maximum Gasteiger partial charge on any atom is 0.416 e. The van der Waals surface area contributed by atoms with E-state index in [2.05, 4.69) is 38.4 Å². The Morgan fingerprint density at radius 3 is 2.14 bits per heavy atom. The molecule has 0 spiro atoms. The first-order valence-electron chi connectivity index (χ1n) is 14.4. The summed E-state index contributed by atoms with van der Waals surface area (Å²) in [7, 11) is 3.51. The van der Waals surface area contributed by atoms with Crippen LogP contribution in [0.25, 0.3) is 0 Å². The van der Waals surface area contributed by atoms with Crippen LogP contribution in [0.4, 0.5) is 32.0 Å². The Morgan fingerprint density at radius 1 is 0.930 bits per heavy atom. The molecule has 2 aromatic carbocycles. The van der Waals surface area contributed by atoms with Crippen molar-refractivity contribution in [2.45, 2.75) is 64.5 Å². The van der Waals surface area contributed by atoms with Crippen molar-refractivity contribution in [1.82, 2.24) is 9.80 Å². The SMILES string of the molecule is CN=N/N=C(\N)N(Cc1cc(C(F)(F)F)cc(C(F)(F)F)c1)C1CCCN(CC2CCN(C)CC2)c2c(C)cc(C)cc21. The molecule has 2 heterocycles. The number of alkyl halides is 6. The zero-order valence-electron chi connectivity index (χ0n) is 24.9. The summed E-state index contributed by atoms with van der Waals surface area (Å²) in [6.07, 6.45) is -6.46. The van der Waals surface area contributed by atoms with Crippen LogP contribution in [0, 0.1) is 19.8 Å². The molecular formula is C30H39F6N7. The van der Waals surface area contributed by atoms with Crippen molar-refractivity contribution in [3.05, 3.63) is 63.7 Å². The van der Waals surface area contributed by atoms with Gasteiger partial charge in [0.2, 0.25) is 5.96 Å². The highest BCUT2D eigenvalue weighted by molar-refractivity contribution is 5.79. The molecule has 0 aromatic heterocycles. The van der Waals surface area contributed by atoms with E-state index in [-0.39, 0.29) is 24.1 Å². The van der Waals surface area contributed by atoms with Gasteiger partial charge in [0.15, 0.2) is 0 Å². The van der Waals surface area contributed by atoms with Crippen molar-refractivity contribution in [1.29, 1.82) is 0 Å². The van der Waals surface area contributed by atoms with Gasteiger partial charge in [-0.3, -0.25) is 0 Å². The fourth-order valence-corrected chi connectivity index (χ4v) is 6.29. The van der Waals surface area contributed by atoms with E-state index in [0.717, 1.165) is 80.0 Å². The molecule has 1 saturated heterocycles. The normalized spacial score (nSPS) is 19.5. The Balaban J connectivity index is 1.80. The van der Waals surface area contributed by atoms with Gasteiger partial charge in [0.25, 0.3) is 0 Å². The number of fused-ring (bicyclic) bond motifs is 1.